The zero-order valence-electron chi connectivity index (χ0n) is 11.7. The van der Waals surface area contributed by atoms with Crippen molar-refractivity contribution in [3.63, 3.8) is 0 Å². The van der Waals surface area contributed by atoms with Crippen LogP contribution in [-0.2, 0) is 4.74 Å². The molecule has 0 spiro atoms. The van der Waals surface area contributed by atoms with Crippen molar-refractivity contribution < 1.29 is 4.74 Å². The Labute approximate surface area is 117 Å². The fourth-order valence-electron chi connectivity index (χ4n) is 2.58. The number of ether oxygens (including phenoxy) is 1. The van der Waals surface area contributed by atoms with E-state index < -0.39 is 0 Å². The number of epoxide rings is 1. The van der Waals surface area contributed by atoms with Gasteiger partial charge < -0.3 is 4.74 Å². The first-order valence-electron chi connectivity index (χ1n) is 7.55. The lowest BCUT2D eigenvalue weighted by Crippen LogP contribution is -1.89. The fraction of sp³-hybridized carbons (Fsp3) is 0.556. The summed E-state index contributed by atoms with van der Waals surface area (Å²) in [6.07, 6.45) is 16.0. The van der Waals surface area contributed by atoms with Gasteiger partial charge in [-0.3, -0.25) is 0 Å². The van der Waals surface area contributed by atoms with Gasteiger partial charge in [-0.25, -0.2) is 0 Å². The SMILES string of the molecule is C#CCCCCCCCCC1OC1c1ccccc1. The first-order valence-corrected chi connectivity index (χ1v) is 7.55. The van der Waals surface area contributed by atoms with Crippen molar-refractivity contribution in [3.05, 3.63) is 35.9 Å². The standard InChI is InChI=1S/C18H24O/c1-2-3-4-5-6-7-8-12-15-17-18(19-17)16-13-10-9-11-14-16/h1,9-11,13-14,17-18H,3-8,12,15H2. The normalized spacial score (nSPS) is 21.0. The Morgan fingerprint density at radius 2 is 1.63 bits per heavy atom. The summed E-state index contributed by atoms with van der Waals surface area (Å²) in [5.41, 5.74) is 1.33. The molecule has 0 aliphatic carbocycles. The Morgan fingerprint density at radius 1 is 0.947 bits per heavy atom. The van der Waals surface area contributed by atoms with Gasteiger partial charge in [0.2, 0.25) is 0 Å². The van der Waals surface area contributed by atoms with Crippen LogP contribution in [0.25, 0.3) is 0 Å². The van der Waals surface area contributed by atoms with E-state index in [1.165, 1.54) is 50.5 Å². The number of terminal acetylenes is 1. The van der Waals surface area contributed by atoms with Crippen LogP contribution in [0, 0.1) is 12.3 Å². The van der Waals surface area contributed by atoms with Crippen LogP contribution < -0.4 is 0 Å². The molecule has 1 saturated heterocycles. The minimum Gasteiger partial charge on any atom is -0.365 e. The molecule has 1 aromatic carbocycles. The van der Waals surface area contributed by atoms with Crippen LogP contribution in [-0.4, -0.2) is 6.10 Å². The van der Waals surface area contributed by atoms with E-state index in [1.807, 2.05) is 0 Å². The maximum Gasteiger partial charge on any atom is 0.109 e. The molecule has 1 aliphatic rings. The van der Waals surface area contributed by atoms with Crippen molar-refractivity contribution >= 4 is 0 Å². The highest BCUT2D eigenvalue weighted by molar-refractivity contribution is 5.22. The van der Waals surface area contributed by atoms with Crippen LogP contribution in [0.2, 0.25) is 0 Å². The van der Waals surface area contributed by atoms with Crippen LogP contribution in [0.3, 0.4) is 0 Å². The van der Waals surface area contributed by atoms with E-state index in [0.29, 0.717) is 12.2 Å². The highest BCUT2D eigenvalue weighted by Gasteiger charge is 2.38. The van der Waals surface area contributed by atoms with E-state index in [-0.39, 0.29) is 0 Å². The van der Waals surface area contributed by atoms with Gasteiger partial charge in [-0.1, -0.05) is 62.4 Å². The second-order valence-electron chi connectivity index (χ2n) is 5.37. The quantitative estimate of drug-likeness (QED) is 0.348. The van der Waals surface area contributed by atoms with Gasteiger partial charge in [0.25, 0.3) is 0 Å². The Bertz CT molecular complexity index is 390. The molecule has 102 valence electrons. The molecule has 1 heteroatoms. The number of benzene rings is 1. The Kier molecular flexibility index (Phi) is 5.98. The van der Waals surface area contributed by atoms with E-state index in [4.69, 9.17) is 11.2 Å². The van der Waals surface area contributed by atoms with E-state index in [9.17, 15) is 0 Å². The van der Waals surface area contributed by atoms with Gasteiger partial charge in [-0.05, 0) is 18.4 Å². The highest BCUT2D eigenvalue weighted by Crippen LogP contribution is 2.41. The van der Waals surface area contributed by atoms with Crippen LogP contribution in [0.1, 0.15) is 63.0 Å². The molecule has 2 atom stereocenters. The molecular formula is C18H24O. The maximum absolute atomic E-state index is 5.74. The van der Waals surface area contributed by atoms with Crippen molar-refractivity contribution in [2.24, 2.45) is 0 Å². The minimum absolute atomic E-state index is 0.372. The predicted octanol–water partition coefficient (Wildman–Crippen LogP) is 4.88. The van der Waals surface area contributed by atoms with Gasteiger partial charge in [0.15, 0.2) is 0 Å². The topological polar surface area (TPSA) is 12.5 Å². The summed E-state index contributed by atoms with van der Waals surface area (Å²) >= 11 is 0. The smallest absolute Gasteiger partial charge is 0.109 e. The molecule has 0 bridgehead atoms. The molecule has 2 rings (SSSR count). The van der Waals surface area contributed by atoms with Gasteiger partial charge in [0.05, 0.1) is 6.10 Å². The summed E-state index contributed by atoms with van der Waals surface area (Å²) in [6.45, 7) is 0. The summed E-state index contributed by atoms with van der Waals surface area (Å²) in [7, 11) is 0. The Balaban J connectivity index is 1.47. The summed E-state index contributed by atoms with van der Waals surface area (Å²) in [5.74, 6) is 2.70. The third-order valence-electron chi connectivity index (χ3n) is 3.77. The van der Waals surface area contributed by atoms with Crippen LogP contribution >= 0.6 is 0 Å². The molecule has 1 nitrogen and oxygen atoms in total. The molecular weight excluding hydrogens is 232 g/mol. The largest absolute Gasteiger partial charge is 0.365 e. The molecule has 0 aromatic heterocycles. The van der Waals surface area contributed by atoms with E-state index in [1.54, 1.807) is 0 Å². The van der Waals surface area contributed by atoms with E-state index in [0.717, 1.165) is 6.42 Å². The Morgan fingerprint density at radius 3 is 2.37 bits per heavy atom. The minimum atomic E-state index is 0.372. The van der Waals surface area contributed by atoms with Crippen LogP contribution in [0.15, 0.2) is 30.3 Å². The third kappa shape index (κ3) is 5.09. The molecule has 1 aromatic rings. The third-order valence-corrected chi connectivity index (χ3v) is 3.77. The maximum atomic E-state index is 5.74. The van der Waals surface area contributed by atoms with E-state index in [2.05, 4.69) is 36.3 Å². The van der Waals surface area contributed by atoms with Crippen molar-refractivity contribution in [2.45, 2.75) is 63.6 Å². The molecule has 0 amide bonds. The molecule has 19 heavy (non-hydrogen) atoms. The van der Waals surface area contributed by atoms with Crippen molar-refractivity contribution in [3.8, 4) is 12.3 Å². The average Bonchev–Trinajstić information content (AvgIpc) is 3.22. The molecule has 1 heterocycles. The lowest BCUT2D eigenvalue weighted by molar-refractivity contribution is 0.360. The van der Waals surface area contributed by atoms with Gasteiger partial charge >= 0.3 is 0 Å². The monoisotopic (exact) mass is 256 g/mol. The summed E-state index contributed by atoms with van der Waals surface area (Å²) < 4.78 is 5.74. The first-order chi connectivity index (χ1) is 9.42. The number of rotatable bonds is 9. The number of hydrogen-bond donors (Lipinski definition) is 0. The predicted molar refractivity (Wildman–Crippen MR) is 79.8 cm³/mol. The highest BCUT2D eigenvalue weighted by atomic mass is 16.6. The lowest BCUT2D eigenvalue weighted by atomic mass is 10.0. The number of unbranched alkanes of at least 4 members (excludes halogenated alkanes) is 6. The molecule has 1 fully saturated rings. The van der Waals surface area contributed by atoms with Crippen molar-refractivity contribution in [2.75, 3.05) is 0 Å². The summed E-state index contributed by atoms with van der Waals surface area (Å²) in [4.78, 5) is 0. The second-order valence-corrected chi connectivity index (χ2v) is 5.37. The van der Waals surface area contributed by atoms with Gasteiger partial charge in [0.1, 0.15) is 6.10 Å². The summed E-state index contributed by atoms with van der Waals surface area (Å²) in [5, 5.41) is 0. The Hall–Kier alpha value is -1.26. The number of hydrogen-bond acceptors (Lipinski definition) is 1. The molecule has 0 saturated carbocycles. The van der Waals surface area contributed by atoms with Crippen molar-refractivity contribution in [1.29, 1.82) is 0 Å². The first kappa shape index (κ1) is 14.2. The second kappa shape index (κ2) is 8.02. The summed E-state index contributed by atoms with van der Waals surface area (Å²) in [6, 6.07) is 10.6. The van der Waals surface area contributed by atoms with Gasteiger partial charge in [-0.2, -0.15) is 0 Å². The zero-order chi connectivity index (χ0) is 13.3. The molecule has 0 radical (unpaired) electrons. The van der Waals surface area contributed by atoms with Crippen LogP contribution in [0.5, 0.6) is 0 Å². The van der Waals surface area contributed by atoms with Gasteiger partial charge in [-0.15, -0.1) is 12.3 Å². The zero-order valence-corrected chi connectivity index (χ0v) is 11.7. The van der Waals surface area contributed by atoms with Crippen LogP contribution in [0.4, 0.5) is 0 Å². The average molecular weight is 256 g/mol. The molecule has 1 aliphatic heterocycles. The van der Waals surface area contributed by atoms with Gasteiger partial charge in [0, 0.05) is 6.42 Å². The fourth-order valence-corrected chi connectivity index (χ4v) is 2.58. The molecule has 2 unspecified atom stereocenters. The van der Waals surface area contributed by atoms with Crippen molar-refractivity contribution in [1.82, 2.24) is 0 Å². The lowest BCUT2D eigenvalue weighted by Gasteiger charge is -1.99. The van der Waals surface area contributed by atoms with E-state index >= 15 is 0 Å². The molecule has 0 N–H and O–H groups in total.